The van der Waals surface area contributed by atoms with E-state index in [0.29, 0.717) is 48.9 Å². The lowest BCUT2D eigenvalue weighted by atomic mass is 9.80. The molecule has 0 N–H and O–H groups in total. The summed E-state index contributed by atoms with van der Waals surface area (Å²) >= 11 is 12.0. The zero-order valence-corrected chi connectivity index (χ0v) is 17.8. The van der Waals surface area contributed by atoms with Crippen molar-refractivity contribution in [1.82, 2.24) is 9.21 Å². The number of nitrogens with zero attached hydrogens (tertiary/aromatic N) is 2. The monoisotopic (exact) mass is 456 g/mol. The van der Waals surface area contributed by atoms with Crippen molar-refractivity contribution in [3.63, 3.8) is 0 Å². The van der Waals surface area contributed by atoms with Gasteiger partial charge in [-0.3, -0.25) is 4.79 Å². The van der Waals surface area contributed by atoms with Crippen molar-refractivity contribution in [3.05, 3.63) is 63.9 Å². The van der Waals surface area contributed by atoms with Gasteiger partial charge in [-0.2, -0.15) is 4.31 Å². The van der Waals surface area contributed by atoms with Crippen LogP contribution in [0.15, 0.2) is 47.4 Å². The lowest BCUT2D eigenvalue weighted by molar-refractivity contribution is -0.149. The predicted molar refractivity (Wildman–Crippen MR) is 109 cm³/mol. The van der Waals surface area contributed by atoms with E-state index in [1.54, 1.807) is 23.1 Å². The molecule has 1 amide bonds. The standard InChI is InChI=1S/C20H19Cl2FN2O3S/c21-15-3-1-14(18(22)11-15)2-8-19(26)24-12-20(13-24)9-10-25(20)29(27,28)17-6-4-16(23)5-7-17/h1,3-7,11H,2,8-10,12-13H2. The molecule has 0 aliphatic carbocycles. The van der Waals surface area contributed by atoms with Crippen LogP contribution in [0.25, 0.3) is 0 Å². The van der Waals surface area contributed by atoms with Gasteiger partial charge in [0.15, 0.2) is 0 Å². The van der Waals surface area contributed by atoms with Crippen molar-refractivity contribution in [3.8, 4) is 0 Å². The van der Waals surface area contributed by atoms with E-state index in [-0.39, 0.29) is 10.8 Å². The number of likely N-dealkylation sites (tertiary alicyclic amines) is 1. The number of hydrogen-bond donors (Lipinski definition) is 0. The number of carbonyl (C=O) groups excluding carboxylic acids is 1. The summed E-state index contributed by atoms with van der Waals surface area (Å²) in [5.41, 5.74) is 0.310. The molecule has 2 heterocycles. The van der Waals surface area contributed by atoms with Gasteiger partial charge in [-0.15, -0.1) is 0 Å². The number of hydrogen-bond acceptors (Lipinski definition) is 3. The Morgan fingerprint density at radius 3 is 2.38 bits per heavy atom. The molecular formula is C20H19Cl2FN2O3S. The maximum atomic E-state index is 13.1. The minimum absolute atomic E-state index is 0.0346. The fourth-order valence-corrected chi connectivity index (χ4v) is 6.19. The van der Waals surface area contributed by atoms with Gasteiger partial charge in [0.05, 0.1) is 10.4 Å². The molecule has 4 rings (SSSR count). The maximum absolute atomic E-state index is 13.1. The largest absolute Gasteiger partial charge is 0.339 e. The van der Waals surface area contributed by atoms with Gasteiger partial charge in [0.25, 0.3) is 0 Å². The van der Waals surface area contributed by atoms with E-state index in [1.807, 2.05) is 0 Å². The summed E-state index contributed by atoms with van der Waals surface area (Å²) in [5.74, 6) is -0.517. The van der Waals surface area contributed by atoms with Crippen LogP contribution in [0.1, 0.15) is 18.4 Å². The highest BCUT2D eigenvalue weighted by molar-refractivity contribution is 7.89. The number of halogens is 3. The second-order valence-electron chi connectivity index (χ2n) is 7.49. The van der Waals surface area contributed by atoms with E-state index in [4.69, 9.17) is 23.2 Å². The van der Waals surface area contributed by atoms with E-state index < -0.39 is 21.4 Å². The maximum Gasteiger partial charge on any atom is 0.243 e. The second-order valence-corrected chi connectivity index (χ2v) is 10.2. The number of amides is 1. The molecule has 0 bridgehead atoms. The summed E-state index contributed by atoms with van der Waals surface area (Å²) in [6.07, 6.45) is 1.50. The molecule has 0 unspecified atom stereocenters. The van der Waals surface area contributed by atoms with Crippen LogP contribution in [0.4, 0.5) is 4.39 Å². The molecule has 0 saturated carbocycles. The average Bonchev–Trinajstić information content (AvgIpc) is 2.59. The van der Waals surface area contributed by atoms with Crippen molar-refractivity contribution >= 4 is 39.1 Å². The van der Waals surface area contributed by atoms with Gasteiger partial charge >= 0.3 is 0 Å². The highest BCUT2D eigenvalue weighted by Crippen LogP contribution is 2.43. The van der Waals surface area contributed by atoms with E-state index in [0.717, 1.165) is 17.7 Å². The zero-order chi connectivity index (χ0) is 20.8. The molecule has 2 aliphatic heterocycles. The van der Waals surface area contributed by atoms with Crippen molar-refractivity contribution in [2.45, 2.75) is 29.7 Å². The van der Waals surface area contributed by atoms with Crippen LogP contribution >= 0.6 is 23.2 Å². The van der Waals surface area contributed by atoms with Crippen LogP contribution in [0.2, 0.25) is 10.0 Å². The molecule has 2 saturated heterocycles. The second kappa shape index (κ2) is 7.54. The minimum atomic E-state index is -3.70. The summed E-state index contributed by atoms with van der Waals surface area (Å²) in [6.45, 7) is 1.16. The Morgan fingerprint density at radius 2 is 1.79 bits per heavy atom. The molecule has 2 aliphatic rings. The molecule has 154 valence electrons. The van der Waals surface area contributed by atoms with Gasteiger partial charge in [0.2, 0.25) is 15.9 Å². The van der Waals surface area contributed by atoms with Gasteiger partial charge in [0, 0.05) is 36.1 Å². The van der Waals surface area contributed by atoms with Gasteiger partial charge in [-0.05, 0) is 54.8 Å². The lowest BCUT2D eigenvalue weighted by Crippen LogP contribution is -2.78. The molecule has 29 heavy (non-hydrogen) atoms. The van der Waals surface area contributed by atoms with Crippen molar-refractivity contribution in [1.29, 1.82) is 0 Å². The van der Waals surface area contributed by atoms with Gasteiger partial charge in [-0.25, -0.2) is 12.8 Å². The van der Waals surface area contributed by atoms with Crippen LogP contribution in [0.3, 0.4) is 0 Å². The van der Waals surface area contributed by atoms with E-state index >= 15 is 0 Å². The number of rotatable bonds is 5. The topological polar surface area (TPSA) is 57.7 Å². The van der Waals surface area contributed by atoms with Crippen LogP contribution in [-0.2, 0) is 21.2 Å². The number of carbonyl (C=O) groups is 1. The third kappa shape index (κ3) is 3.77. The Kier molecular flexibility index (Phi) is 5.36. The first-order chi connectivity index (χ1) is 13.7. The zero-order valence-electron chi connectivity index (χ0n) is 15.4. The molecule has 0 atom stereocenters. The summed E-state index contributed by atoms with van der Waals surface area (Å²) in [7, 11) is -3.70. The Balaban J connectivity index is 1.37. The molecular weight excluding hydrogens is 438 g/mol. The fourth-order valence-electron chi connectivity index (χ4n) is 3.91. The first-order valence-electron chi connectivity index (χ1n) is 9.21. The highest BCUT2D eigenvalue weighted by Gasteiger charge is 2.59. The molecule has 0 aromatic heterocycles. The lowest BCUT2D eigenvalue weighted by Gasteiger charge is -2.61. The normalized spacial score (nSPS) is 18.4. The van der Waals surface area contributed by atoms with Crippen LogP contribution in [0, 0.1) is 5.82 Å². The summed E-state index contributed by atoms with van der Waals surface area (Å²) in [5, 5.41) is 1.07. The molecule has 1 spiro atoms. The quantitative estimate of drug-likeness (QED) is 0.688. The molecule has 5 nitrogen and oxygen atoms in total. The minimum Gasteiger partial charge on any atom is -0.339 e. The highest BCUT2D eigenvalue weighted by atomic mass is 35.5. The first-order valence-corrected chi connectivity index (χ1v) is 11.4. The Hall–Kier alpha value is -1.67. The SMILES string of the molecule is O=C(CCc1ccc(Cl)cc1Cl)N1CC2(CCN2S(=O)(=O)c2ccc(F)cc2)C1. The number of benzene rings is 2. The number of sulfonamides is 1. The Labute approximate surface area is 179 Å². The van der Waals surface area contributed by atoms with Gasteiger partial charge < -0.3 is 4.90 Å². The first kappa shape index (κ1) is 20.6. The predicted octanol–water partition coefficient (Wildman–Crippen LogP) is 3.74. The van der Waals surface area contributed by atoms with Crippen molar-refractivity contribution in [2.24, 2.45) is 0 Å². The third-order valence-corrected chi connectivity index (χ3v) is 8.26. The van der Waals surface area contributed by atoms with Crippen LogP contribution < -0.4 is 0 Å². The van der Waals surface area contributed by atoms with E-state index in [9.17, 15) is 17.6 Å². The van der Waals surface area contributed by atoms with Gasteiger partial charge in [-0.1, -0.05) is 29.3 Å². The van der Waals surface area contributed by atoms with Crippen molar-refractivity contribution < 1.29 is 17.6 Å². The summed E-state index contributed by atoms with van der Waals surface area (Å²) < 4.78 is 40.3. The van der Waals surface area contributed by atoms with E-state index in [1.165, 1.54) is 16.4 Å². The molecule has 0 radical (unpaired) electrons. The molecule has 2 aromatic rings. The van der Waals surface area contributed by atoms with E-state index in [2.05, 4.69) is 0 Å². The summed E-state index contributed by atoms with van der Waals surface area (Å²) in [6, 6.07) is 10.0. The van der Waals surface area contributed by atoms with Crippen molar-refractivity contribution in [2.75, 3.05) is 19.6 Å². The Morgan fingerprint density at radius 1 is 1.10 bits per heavy atom. The smallest absolute Gasteiger partial charge is 0.243 e. The van der Waals surface area contributed by atoms with Gasteiger partial charge in [0.1, 0.15) is 5.82 Å². The Bertz CT molecular complexity index is 1050. The third-order valence-electron chi connectivity index (χ3n) is 5.66. The molecule has 9 heteroatoms. The summed E-state index contributed by atoms with van der Waals surface area (Å²) in [4.78, 5) is 14.3. The molecule has 2 fully saturated rings. The molecule has 2 aromatic carbocycles. The fraction of sp³-hybridized carbons (Fsp3) is 0.350. The average molecular weight is 457 g/mol. The number of aryl methyl sites for hydroxylation is 1. The van der Waals surface area contributed by atoms with Crippen LogP contribution in [0.5, 0.6) is 0 Å². The van der Waals surface area contributed by atoms with Crippen LogP contribution in [-0.4, -0.2) is 48.7 Å².